The van der Waals surface area contributed by atoms with Crippen LogP contribution in [0.3, 0.4) is 0 Å². The molecule has 0 aromatic heterocycles. The largest absolute Gasteiger partial charge is 0.349 e. The summed E-state index contributed by atoms with van der Waals surface area (Å²) in [6.07, 6.45) is 5.83. The monoisotopic (exact) mass is 460 g/mol. The number of hydrogen-bond acceptors (Lipinski definition) is 2. The van der Waals surface area contributed by atoms with Gasteiger partial charge in [-0.2, -0.15) is 0 Å². The van der Waals surface area contributed by atoms with E-state index in [0.29, 0.717) is 16.3 Å². The second-order valence-electron chi connectivity index (χ2n) is 8.63. The third-order valence-corrected chi connectivity index (χ3v) is 6.57. The maximum absolute atomic E-state index is 13.0. The molecule has 0 spiro atoms. The van der Waals surface area contributed by atoms with E-state index in [1.807, 2.05) is 60.7 Å². The van der Waals surface area contributed by atoms with Crippen molar-refractivity contribution in [3.63, 3.8) is 0 Å². The lowest BCUT2D eigenvalue weighted by atomic mass is 9.88. The molecule has 0 heterocycles. The van der Waals surface area contributed by atoms with Gasteiger partial charge in [0.2, 0.25) is 5.91 Å². The van der Waals surface area contributed by atoms with Gasteiger partial charge in [0.1, 0.15) is 0 Å². The average Bonchev–Trinajstić information content (AvgIpc) is 2.85. The molecule has 4 nitrogen and oxygen atoms in total. The van der Waals surface area contributed by atoms with E-state index in [2.05, 4.69) is 10.6 Å². The molecule has 0 aliphatic heterocycles. The summed E-state index contributed by atoms with van der Waals surface area (Å²) in [6.45, 7) is 0. The number of rotatable bonds is 7. The lowest BCUT2D eigenvalue weighted by molar-refractivity contribution is -0.116. The number of benzene rings is 3. The maximum atomic E-state index is 13.0. The highest BCUT2D eigenvalue weighted by Crippen LogP contribution is 2.30. The van der Waals surface area contributed by atoms with E-state index < -0.39 is 0 Å². The summed E-state index contributed by atoms with van der Waals surface area (Å²) in [5.41, 5.74) is 3.11. The summed E-state index contributed by atoms with van der Waals surface area (Å²) < 4.78 is 0. The van der Waals surface area contributed by atoms with Gasteiger partial charge in [-0.3, -0.25) is 9.59 Å². The van der Waals surface area contributed by atoms with Crippen LogP contribution in [0.5, 0.6) is 0 Å². The van der Waals surface area contributed by atoms with Crippen LogP contribution in [0.25, 0.3) is 0 Å². The van der Waals surface area contributed by atoms with E-state index in [9.17, 15) is 9.59 Å². The molecule has 0 unspecified atom stereocenters. The molecule has 0 saturated heterocycles. The Morgan fingerprint density at radius 3 is 2.06 bits per heavy atom. The molecule has 0 bridgehead atoms. The third-order valence-electron chi connectivity index (χ3n) is 6.24. The van der Waals surface area contributed by atoms with Crippen molar-refractivity contribution >= 4 is 29.1 Å². The number of nitrogens with one attached hydrogen (secondary N) is 2. The zero-order chi connectivity index (χ0) is 23.0. The molecular weight excluding hydrogens is 432 g/mol. The van der Waals surface area contributed by atoms with Gasteiger partial charge >= 0.3 is 0 Å². The first-order chi connectivity index (χ1) is 16.1. The Morgan fingerprint density at radius 1 is 0.848 bits per heavy atom. The Balaban J connectivity index is 1.47. The van der Waals surface area contributed by atoms with Crippen molar-refractivity contribution in [3.8, 4) is 0 Å². The van der Waals surface area contributed by atoms with E-state index in [1.54, 1.807) is 18.2 Å². The molecule has 3 aromatic rings. The van der Waals surface area contributed by atoms with Gasteiger partial charge in [-0.1, -0.05) is 91.5 Å². The summed E-state index contributed by atoms with van der Waals surface area (Å²) in [5, 5.41) is 6.45. The summed E-state index contributed by atoms with van der Waals surface area (Å²) in [7, 11) is 0. The van der Waals surface area contributed by atoms with Gasteiger partial charge < -0.3 is 10.6 Å². The number of halogens is 1. The van der Waals surface area contributed by atoms with Crippen LogP contribution in [0.2, 0.25) is 5.02 Å². The molecule has 1 aliphatic rings. The quantitative estimate of drug-likeness (QED) is 0.419. The van der Waals surface area contributed by atoms with E-state index in [4.69, 9.17) is 11.6 Å². The molecule has 2 N–H and O–H groups in total. The fourth-order valence-electron chi connectivity index (χ4n) is 4.46. The predicted octanol–water partition coefficient (Wildman–Crippen LogP) is 6.56. The lowest BCUT2D eigenvalue weighted by Crippen LogP contribution is -2.36. The molecule has 1 saturated carbocycles. The van der Waals surface area contributed by atoms with Crippen LogP contribution in [-0.4, -0.2) is 17.9 Å². The van der Waals surface area contributed by atoms with Crippen LogP contribution < -0.4 is 10.6 Å². The van der Waals surface area contributed by atoms with Crippen molar-refractivity contribution in [2.75, 3.05) is 5.32 Å². The van der Waals surface area contributed by atoms with Gasteiger partial charge in [0.15, 0.2) is 0 Å². The molecule has 1 fully saturated rings. The molecule has 4 rings (SSSR count). The fourth-order valence-corrected chi connectivity index (χ4v) is 4.63. The van der Waals surface area contributed by atoms with Gasteiger partial charge in [-0.25, -0.2) is 0 Å². The standard InChI is InChI=1S/C28H29ClN2O2/c29-25-17-16-22(28(33)30-23-14-8-3-9-15-23)18-26(25)31-27(32)19-24(20-10-4-1-5-11-20)21-12-6-2-7-13-21/h1-2,4-7,10-13,16-18,23-24H,3,8-9,14-15,19H2,(H,30,33)(H,31,32). The van der Waals surface area contributed by atoms with Crippen LogP contribution in [0.15, 0.2) is 78.9 Å². The zero-order valence-corrected chi connectivity index (χ0v) is 19.4. The van der Waals surface area contributed by atoms with Crippen molar-refractivity contribution in [2.45, 2.75) is 50.5 Å². The first-order valence-corrected chi connectivity index (χ1v) is 12.0. The molecule has 3 aromatic carbocycles. The number of carbonyl (C=O) groups is 2. The second-order valence-corrected chi connectivity index (χ2v) is 9.04. The molecule has 1 aliphatic carbocycles. The maximum Gasteiger partial charge on any atom is 0.251 e. The van der Waals surface area contributed by atoms with Gasteiger partial charge in [-0.05, 0) is 42.2 Å². The van der Waals surface area contributed by atoms with Gasteiger partial charge in [0.25, 0.3) is 5.91 Å². The molecule has 2 amide bonds. The van der Waals surface area contributed by atoms with Crippen LogP contribution in [0, 0.1) is 0 Å². The molecule has 33 heavy (non-hydrogen) atoms. The topological polar surface area (TPSA) is 58.2 Å². The molecule has 5 heteroatoms. The Hall–Kier alpha value is -3.11. The first-order valence-electron chi connectivity index (χ1n) is 11.6. The summed E-state index contributed by atoms with van der Waals surface area (Å²) in [6, 6.07) is 25.3. The van der Waals surface area contributed by atoms with E-state index in [1.165, 1.54) is 6.42 Å². The summed E-state index contributed by atoms with van der Waals surface area (Å²) in [5.74, 6) is -0.357. The normalized spacial score (nSPS) is 14.1. The SMILES string of the molecule is O=C(CC(c1ccccc1)c1ccccc1)Nc1cc(C(=O)NC2CCCCC2)ccc1Cl. The molecule has 0 radical (unpaired) electrons. The fraction of sp³-hybridized carbons (Fsp3) is 0.286. The first kappa shape index (κ1) is 23.1. The Kier molecular flexibility index (Phi) is 7.79. The minimum absolute atomic E-state index is 0.0797. The minimum Gasteiger partial charge on any atom is -0.349 e. The van der Waals surface area contributed by atoms with Crippen LogP contribution in [0.4, 0.5) is 5.69 Å². The van der Waals surface area contributed by atoms with Crippen molar-refractivity contribution in [2.24, 2.45) is 0 Å². The van der Waals surface area contributed by atoms with Crippen molar-refractivity contribution in [3.05, 3.63) is 101 Å². The predicted molar refractivity (Wildman–Crippen MR) is 134 cm³/mol. The molecule has 170 valence electrons. The highest BCUT2D eigenvalue weighted by molar-refractivity contribution is 6.33. The van der Waals surface area contributed by atoms with Crippen molar-refractivity contribution in [1.82, 2.24) is 5.32 Å². The smallest absolute Gasteiger partial charge is 0.251 e. The van der Waals surface area contributed by atoms with Crippen LogP contribution in [-0.2, 0) is 4.79 Å². The molecule has 0 atom stereocenters. The molecular formula is C28H29ClN2O2. The number of hydrogen-bond donors (Lipinski definition) is 2. The van der Waals surface area contributed by atoms with E-state index in [0.717, 1.165) is 36.8 Å². The van der Waals surface area contributed by atoms with E-state index >= 15 is 0 Å². The van der Waals surface area contributed by atoms with Crippen molar-refractivity contribution in [1.29, 1.82) is 0 Å². The van der Waals surface area contributed by atoms with Crippen LogP contribution in [0.1, 0.15) is 65.9 Å². The Bertz CT molecular complexity index is 1040. The Morgan fingerprint density at radius 2 is 1.45 bits per heavy atom. The van der Waals surface area contributed by atoms with Gasteiger partial charge in [0.05, 0.1) is 10.7 Å². The second kappa shape index (κ2) is 11.2. The number of carbonyl (C=O) groups excluding carboxylic acids is 2. The zero-order valence-electron chi connectivity index (χ0n) is 18.6. The van der Waals surface area contributed by atoms with Gasteiger partial charge in [0, 0.05) is 23.9 Å². The van der Waals surface area contributed by atoms with Crippen molar-refractivity contribution < 1.29 is 9.59 Å². The number of anilines is 1. The highest BCUT2D eigenvalue weighted by Gasteiger charge is 2.20. The van der Waals surface area contributed by atoms with Crippen LogP contribution >= 0.6 is 11.6 Å². The highest BCUT2D eigenvalue weighted by atomic mass is 35.5. The minimum atomic E-state index is -0.153. The summed E-state index contributed by atoms with van der Waals surface area (Å²) in [4.78, 5) is 25.8. The van der Waals surface area contributed by atoms with E-state index in [-0.39, 0.29) is 30.2 Å². The number of amides is 2. The lowest BCUT2D eigenvalue weighted by Gasteiger charge is -2.23. The Labute approximate surface area is 200 Å². The third kappa shape index (κ3) is 6.23. The van der Waals surface area contributed by atoms with Gasteiger partial charge in [-0.15, -0.1) is 0 Å². The average molecular weight is 461 g/mol. The summed E-state index contributed by atoms with van der Waals surface area (Å²) >= 11 is 6.36.